The van der Waals surface area contributed by atoms with Gasteiger partial charge in [-0.1, -0.05) is 46.3 Å². The molecule has 0 atom stereocenters. The highest BCUT2D eigenvalue weighted by molar-refractivity contribution is 9.10. The third-order valence-corrected chi connectivity index (χ3v) is 4.83. The van der Waals surface area contributed by atoms with E-state index in [2.05, 4.69) is 52.1 Å². The number of benzene rings is 2. The number of hydrogen-bond donors (Lipinski definition) is 0. The van der Waals surface area contributed by atoms with E-state index in [0.29, 0.717) is 5.28 Å². The van der Waals surface area contributed by atoms with Crippen molar-refractivity contribution in [2.75, 3.05) is 0 Å². The van der Waals surface area contributed by atoms with Crippen molar-refractivity contribution in [2.45, 2.75) is 13.8 Å². The van der Waals surface area contributed by atoms with Crippen LogP contribution >= 0.6 is 27.5 Å². The lowest BCUT2D eigenvalue weighted by Crippen LogP contribution is -1.99. The summed E-state index contributed by atoms with van der Waals surface area (Å²) in [4.78, 5) is 0. The zero-order valence-electron chi connectivity index (χ0n) is 11.6. The normalized spacial score (nSPS) is 10.9. The molecular weight excluding hydrogens is 350 g/mol. The standard InChI is InChI=1S/C16H13BrClN3/c1-10-8-13(9-11(2)14(10)17)21-15(19-20-16(21)18)12-6-4-3-5-7-12/h3-9H,1-2H3. The van der Waals surface area contributed by atoms with Crippen LogP contribution in [0.25, 0.3) is 17.1 Å². The molecule has 0 aliphatic heterocycles. The Balaban J connectivity index is 2.22. The second-order valence-corrected chi connectivity index (χ2v) is 6.02. The van der Waals surface area contributed by atoms with Crippen molar-refractivity contribution < 1.29 is 0 Å². The molecule has 0 spiro atoms. The summed E-state index contributed by atoms with van der Waals surface area (Å²) >= 11 is 9.84. The van der Waals surface area contributed by atoms with Crippen LogP contribution in [-0.4, -0.2) is 14.8 Å². The zero-order chi connectivity index (χ0) is 15.0. The third kappa shape index (κ3) is 2.61. The van der Waals surface area contributed by atoms with E-state index >= 15 is 0 Å². The number of halogens is 2. The van der Waals surface area contributed by atoms with Crippen LogP contribution in [0.3, 0.4) is 0 Å². The van der Waals surface area contributed by atoms with Gasteiger partial charge in [-0.15, -0.1) is 10.2 Å². The summed E-state index contributed by atoms with van der Waals surface area (Å²) in [7, 11) is 0. The molecule has 1 aromatic heterocycles. The Morgan fingerprint density at radius 3 is 2.24 bits per heavy atom. The molecular formula is C16H13BrClN3. The molecule has 0 aliphatic rings. The summed E-state index contributed by atoms with van der Waals surface area (Å²) in [5, 5.41) is 8.59. The van der Waals surface area contributed by atoms with Crippen LogP contribution in [0.5, 0.6) is 0 Å². The van der Waals surface area contributed by atoms with Crippen LogP contribution in [-0.2, 0) is 0 Å². The van der Waals surface area contributed by atoms with Crippen molar-refractivity contribution in [3.8, 4) is 17.1 Å². The van der Waals surface area contributed by atoms with Gasteiger partial charge in [-0.25, -0.2) is 0 Å². The second kappa shape index (κ2) is 5.62. The average molecular weight is 363 g/mol. The van der Waals surface area contributed by atoms with Crippen LogP contribution < -0.4 is 0 Å². The van der Waals surface area contributed by atoms with E-state index in [1.54, 1.807) is 0 Å². The first-order valence-electron chi connectivity index (χ1n) is 6.51. The number of nitrogens with zero attached hydrogens (tertiary/aromatic N) is 3. The molecule has 106 valence electrons. The topological polar surface area (TPSA) is 30.7 Å². The van der Waals surface area contributed by atoms with Gasteiger partial charge in [0.2, 0.25) is 5.28 Å². The number of aryl methyl sites for hydroxylation is 2. The van der Waals surface area contributed by atoms with E-state index in [0.717, 1.165) is 32.7 Å². The molecule has 0 saturated heterocycles. The second-order valence-electron chi connectivity index (χ2n) is 4.89. The van der Waals surface area contributed by atoms with Crippen molar-refractivity contribution in [3.63, 3.8) is 0 Å². The van der Waals surface area contributed by atoms with Crippen molar-refractivity contribution in [1.29, 1.82) is 0 Å². The molecule has 0 bridgehead atoms. The smallest absolute Gasteiger partial charge is 0.229 e. The first-order chi connectivity index (χ1) is 10.1. The van der Waals surface area contributed by atoms with Crippen molar-refractivity contribution >= 4 is 27.5 Å². The Bertz CT molecular complexity index is 774. The highest BCUT2D eigenvalue weighted by Crippen LogP contribution is 2.29. The van der Waals surface area contributed by atoms with Crippen LogP contribution in [0, 0.1) is 13.8 Å². The third-order valence-electron chi connectivity index (χ3n) is 3.33. The van der Waals surface area contributed by atoms with E-state index in [1.165, 1.54) is 0 Å². The molecule has 0 aliphatic carbocycles. The van der Waals surface area contributed by atoms with Gasteiger partial charge in [-0.2, -0.15) is 0 Å². The summed E-state index contributed by atoms with van der Waals surface area (Å²) in [6, 6.07) is 14.0. The van der Waals surface area contributed by atoms with Crippen LogP contribution in [0.15, 0.2) is 46.9 Å². The summed E-state index contributed by atoms with van der Waals surface area (Å²) in [6.45, 7) is 4.11. The first kappa shape index (κ1) is 14.3. The maximum atomic E-state index is 6.25. The summed E-state index contributed by atoms with van der Waals surface area (Å²) in [5.41, 5.74) is 4.24. The minimum Gasteiger partial charge on any atom is -0.266 e. The largest absolute Gasteiger partial charge is 0.266 e. The maximum Gasteiger partial charge on any atom is 0.229 e. The van der Waals surface area contributed by atoms with Crippen molar-refractivity contribution in [2.24, 2.45) is 0 Å². The van der Waals surface area contributed by atoms with Gasteiger partial charge in [0.15, 0.2) is 5.82 Å². The van der Waals surface area contributed by atoms with E-state index < -0.39 is 0 Å². The Hall–Kier alpha value is -1.65. The van der Waals surface area contributed by atoms with Crippen LogP contribution in [0.4, 0.5) is 0 Å². The molecule has 3 nitrogen and oxygen atoms in total. The van der Waals surface area contributed by atoms with E-state index in [9.17, 15) is 0 Å². The molecule has 0 fully saturated rings. The predicted molar refractivity (Wildman–Crippen MR) is 89.0 cm³/mol. The molecule has 0 amide bonds. The Morgan fingerprint density at radius 1 is 1.00 bits per heavy atom. The lowest BCUT2D eigenvalue weighted by molar-refractivity contribution is 1.05. The zero-order valence-corrected chi connectivity index (χ0v) is 14.0. The molecule has 0 radical (unpaired) electrons. The quantitative estimate of drug-likeness (QED) is 0.644. The summed E-state index contributed by atoms with van der Waals surface area (Å²) in [6.07, 6.45) is 0. The van der Waals surface area contributed by atoms with Crippen LogP contribution in [0.2, 0.25) is 5.28 Å². The number of aromatic nitrogens is 3. The fourth-order valence-electron chi connectivity index (χ4n) is 2.32. The average Bonchev–Trinajstić information content (AvgIpc) is 2.87. The highest BCUT2D eigenvalue weighted by atomic mass is 79.9. The van der Waals surface area contributed by atoms with Gasteiger partial charge in [0.25, 0.3) is 0 Å². The van der Waals surface area contributed by atoms with Gasteiger partial charge in [0.05, 0.1) is 5.69 Å². The lowest BCUT2D eigenvalue weighted by Gasteiger charge is -2.11. The molecule has 2 aromatic carbocycles. The monoisotopic (exact) mass is 361 g/mol. The van der Waals surface area contributed by atoms with Gasteiger partial charge in [0.1, 0.15) is 0 Å². The lowest BCUT2D eigenvalue weighted by atomic mass is 10.1. The Kier molecular flexibility index (Phi) is 3.83. The fraction of sp³-hybridized carbons (Fsp3) is 0.125. The minimum atomic E-state index is 0.356. The molecule has 3 rings (SSSR count). The highest BCUT2D eigenvalue weighted by Gasteiger charge is 2.15. The molecule has 0 saturated carbocycles. The van der Waals surface area contributed by atoms with Crippen molar-refractivity contribution in [1.82, 2.24) is 14.8 Å². The van der Waals surface area contributed by atoms with Crippen molar-refractivity contribution in [3.05, 3.63) is 63.3 Å². The minimum absolute atomic E-state index is 0.356. The van der Waals surface area contributed by atoms with Crippen LogP contribution in [0.1, 0.15) is 11.1 Å². The van der Waals surface area contributed by atoms with E-state index in [-0.39, 0.29) is 0 Å². The molecule has 1 heterocycles. The molecule has 0 unspecified atom stereocenters. The number of hydrogen-bond acceptors (Lipinski definition) is 2. The number of rotatable bonds is 2. The summed E-state index contributed by atoms with van der Waals surface area (Å²) < 4.78 is 2.97. The van der Waals surface area contributed by atoms with Gasteiger partial charge in [0, 0.05) is 10.0 Å². The van der Waals surface area contributed by atoms with Gasteiger partial charge in [-0.3, -0.25) is 4.57 Å². The predicted octanol–water partition coefficient (Wildman–Crippen LogP) is 4.97. The molecule has 3 aromatic rings. The molecule has 21 heavy (non-hydrogen) atoms. The van der Waals surface area contributed by atoms with E-state index in [1.807, 2.05) is 34.9 Å². The maximum absolute atomic E-state index is 6.25. The molecule has 0 N–H and O–H groups in total. The summed E-state index contributed by atoms with van der Waals surface area (Å²) in [5.74, 6) is 0.738. The Labute approximate surface area is 136 Å². The Morgan fingerprint density at radius 2 is 1.62 bits per heavy atom. The van der Waals surface area contributed by atoms with E-state index in [4.69, 9.17) is 11.6 Å². The van der Waals surface area contributed by atoms with Gasteiger partial charge >= 0.3 is 0 Å². The van der Waals surface area contributed by atoms with Gasteiger partial charge < -0.3 is 0 Å². The SMILES string of the molecule is Cc1cc(-n2c(Cl)nnc2-c2ccccc2)cc(C)c1Br. The first-order valence-corrected chi connectivity index (χ1v) is 7.68. The molecule has 5 heteroatoms. The fourth-order valence-corrected chi connectivity index (χ4v) is 2.76. The van der Waals surface area contributed by atoms with Gasteiger partial charge in [-0.05, 0) is 48.7 Å².